The van der Waals surface area contributed by atoms with Crippen molar-refractivity contribution in [3.63, 3.8) is 0 Å². The van der Waals surface area contributed by atoms with Gasteiger partial charge >= 0.3 is 0 Å². The van der Waals surface area contributed by atoms with E-state index in [2.05, 4.69) is 37.1 Å². The van der Waals surface area contributed by atoms with E-state index in [-0.39, 0.29) is 6.10 Å². The highest BCUT2D eigenvalue weighted by molar-refractivity contribution is 5.84. The van der Waals surface area contributed by atoms with Crippen molar-refractivity contribution in [3.05, 3.63) is 36.5 Å². The molecule has 108 valence electrons. The Balaban J connectivity index is 1.97. The zero-order valence-corrected chi connectivity index (χ0v) is 12.6. The Kier molecular flexibility index (Phi) is 5.36. The third kappa shape index (κ3) is 3.94. The molecule has 3 nitrogen and oxygen atoms in total. The number of nitrogens with zero attached hydrogens (tertiary/aromatic N) is 1. The van der Waals surface area contributed by atoms with Gasteiger partial charge in [-0.3, -0.25) is 4.98 Å². The average Bonchev–Trinajstić information content (AvgIpc) is 2.46. The molecule has 20 heavy (non-hydrogen) atoms. The third-order valence-electron chi connectivity index (χ3n) is 3.41. The number of nitrogens with one attached hydrogen (secondary N) is 1. The molecule has 2 unspecified atom stereocenters. The summed E-state index contributed by atoms with van der Waals surface area (Å²) in [4.78, 5) is 4.35. The Morgan fingerprint density at radius 2 is 2.05 bits per heavy atom. The van der Waals surface area contributed by atoms with Crippen LogP contribution in [0.15, 0.2) is 36.5 Å². The first-order valence-corrected chi connectivity index (χ1v) is 7.44. The lowest BCUT2D eigenvalue weighted by Crippen LogP contribution is -2.35. The predicted molar refractivity (Wildman–Crippen MR) is 84.2 cm³/mol. The normalized spacial score (nSPS) is 14.2. The second-order valence-electron chi connectivity index (χ2n) is 5.35. The second kappa shape index (κ2) is 7.25. The fourth-order valence-electron chi connectivity index (χ4n) is 2.34. The molecular formula is C17H24N2O. The monoisotopic (exact) mass is 272 g/mol. The number of rotatable bonds is 7. The van der Waals surface area contributed by atoms with Gasteiger partial charge in [-0.2, -0.15) is 0 Å². The summed E-state index contributed by atoms with van der Waals surface area (Å²) in [6.07, 6.45) is 4.35. The van der Waals surface area contributed by atoms with Gasteiger partial charge in [0.15, 0.2) is 0 Å². The summed E-state index contributed by atoms with van der Waals surface area (Å²) in [7, 11) is 0. The van der Waals surface area contributed by atoms with Crippen LogP contribution in [0.25, 0.3) is 10.9 Å². The number of ether oxygens (including phenoxy) is 1. The number of fused-ring (bicyclic) bond motifs is 1. The molecule has 0 aliphatic rings. The molecule has 0 aliphatic carbocycles. The minimum Gasteiger partial charge on any atom is -0.489 e. The quantitative estimate of drug-likeness (QED) is 0.833. The molecule has 1 heterocycles. The maximum absolute atomic E-state index is 6.05. The minimum absolute atomic E-state index is 0.139. The number of hydrogen-bond acceptors (Lipinski definition) is 3. The van der Waals surface area contributed by atoms with E-state index in [1.807, 2.05) is 30.5 Å². The lowest BCUT2D eigenvalue weighted by Gasteiger charge is -2.19. The van der Waals surface area contributed by atoms with E-state index in [1.165, 1.54) is 12.8 Å². The van der Waals surface area contributed by atoms with Crippen molar-refractivity contribution in [2.75, 3.05) is 6.54 Å². The zero-order valence-electron chi connectivity index (χ0n) is 12.6. The van der Waals surface area contributed by atoms with Crippen LogP contribution in [0.4, 0.5) is 0 Å². The number of benzene rings is 1. The summed E-state index contributed by atoms with van der Waals surface area (Å²) < 4.78 is 6.05. The summed E-state index contributed by atoms with van der Waals surface area (Å²) in [5, 5.41) is 4.58. The maximum atomic E-state index is 6.05. The number of hydrogen-bond donors (Lipinski definition) is 1. The first kappa shape index (κ1) is 14.8. The van der Waals surface area contributed by atoms with Crippen molar-refractivity contribution in [2.24, 2.45) is 0 Å². The molecule has 3 heteroatoms. The highest BCUT2D eigenvalue weighted by Crippen LogP contribution is 2.24. The molecule has 0 bridgehead atoms. The van der Waals surface area contributed by atoms with Crippen molar-refractivity contribution in [3.8, 4) is 5.75 Å². The Morgan fingerprint density at radius 1 is 1.20 bits per heavy atom. The molecule has 0 saturated heterocycles. The Labute approximate surface area is 121 Å². The van der Waals surface area contributed by atoms with E-state index in [4.69, 9.17) is 4.74 Å². The first-order chi connectivity index (χ1) is 9.70. The average molecular weight is 272 g/mol. The summed E-state index contributed by atoms with van der Waals surface area (Å²) in [5.41, 5.74) is 0.976. The van der Waals surface area contributed by atoms with Crippen molar-refractivity contribution >= 4 is 10.9 Å². The van der Waals surface area contributed by atoms with Gasteiger partial charge in [-0.25, -0.2) is 0 Å². The molecule has 0 spiro atoms. The van der Waals surface area contributed by atoms with Crippen molar-refractivity contribution < 1.29 is 4.74 Å². The first-order valence-electron chi connectivity index (χ1n) is 7.44. The van der Waals surface area contributed by atoms with Gasteiger partial charge in [0.2, 0.25) is 0 Å². The third-order valence-corrected chi connectivity index (χ3v) is 3.41. The van der Waals surface area contributed by atoms with Gasteiger partial charge in [-0.1, -0.05) is 19.4 Å². The summed E-state index contributed by atoms with van der Waals surface area (Å²) in [6.45, 7) is 7.39. The molecular weight excluding hydrogens is 248 g/mol. The lowest BCUT2D eigenvalue weighted by molar-refractivity contribution is 0.214. The fourth-order valence-corrected chi connectivity index (χ4v) is 2.34. The van der Waals surface area contributed by atoms with Crippen LogP contribution < -0.4 is 10.1 Å². The molecule has 2 rings (SSSR count). The summed E-state index contributed by atoms with van der Waals surface area (Å²) in [5.74, 6) is 0.910. The Bertz CT molecular complexity index is 536. The van der Waals surface area contributed by atoms with Crippen molar-refractivity contribution in [1.29, 1.82) is 0 Å². The molecule has 2 atom stereocenters. The molecule has 0 radical (unpaired) electrons. The standard InChI is InChI=1S/C17H24N2O/c1-4-7-13(2)19-12-14(3)20-17-10-5-9-16-15(17)8-6-11-18-16/h5-6,8-11,13-14,19H,4,7,12H2,1-3H3. The molecule has 1 aromatic heterocycles. The van der Waals surface area contributed by atoms with Crippen LogP contribution >= 0.6 is 0 Å². The van der Waals surface area contributed by atoms with Gasteiger partial charge in [0.25, 0.3) is 0 Å². The van der Waals surface area contributed by atoms with Gasteiger partial charge < -0.3 is 10.1 Å². The predicted octanol–water partition coefficient (Wildman–Crippen LogP) is 3.78. The van der Waals surface area contributed by atoms with Crippen LogP contribution in [0.2, 0.25) is 0 Å². The largest absolute Gasteiger partial charge is 0.489 e. The van der Waals surface area contributed by atoms with Gasteiger partial charge in [-0.05, 0) is 44.5 Å². The summed E-state index contributed by atoms with van der Waals surface area (Å²) >= 11 is 0. The SMILES string of the molecule is CCCC(C)NCC(C)Oc1cccc2ncccc12. The Morgan fingerprint density at radius 3 is 2.85 bits per heavy atom. The van der Waals surface area contributed by atoms with Crippen LogP contribution in [-0.2, 0) is 0 Å². The van der Waals surface area contributed by atoms with Crippen molar-refractivity contribution in [1.82, 2.24) is 10.3 Å². The highest BCUT2D eigenvalue weighted by Gasteiger charge is 2.09. The maximum Gasteiger partial charge on any atom is 0.129 e. The van der Waals surface area contributed by atoms with E-state index in [9.17, 15) is 0 Å². The van der Waals surface area contributed by atoms with Gasteiger partial charge in [0.05, 0.1) is 5.52 Å². The Hall–Kier alpha value is -1.61. The molecule has 0 amide bonds. The molecule has 1 N–H and O–H groups in total. The van der Waals surface area contributed by atoms with Crippen LogP contribution in [0, 0.1) is 0 Å². The van der Waals surface area contributed by atoms with E-state index in [1.54, 1.807) is 0 Å². The summed E-state index contributed by atoms with van der Waals surface area (Å²) in [6, 6.07) is 10.5. The molecule has 0 fully saturated rings. The van der Waals surface area contributed by atoms with E-state index < -0.39 is 0 Å². The van der Waals surface area contributed by atoms with Crippen LogP contribution in [0.3, 0.4) is 0 Å². The van der Waals surface area contributed by atoms with Gasteiger partial charge in [0, 0.05) is 24.2 Å². The molecule has 2 aromatic rings. The van der Waals surface area contributed by atoms with E-state index >= 15 is 0 Å². The van der Waals surface area contributed by atoms with Crippen molar-refractivity contribution in [2.45, 2.75) is 45.8 Å². The number of pyridine rings is 1. The van der Waals surface area contributed by atoms with E-state index in [0.717, 1.165) is 23.2 Å². The topological polar surface area (TPSA) is 34.1 Å². The lowest BCUT2D eigenvalue weighted by atomic mass is 10.2. The minimum atomic E-state index is 0.139. The van der Waals surface area contributed by atoms with Gasteiger partial charge in [0.1, 0.15) is 11.9 Å². The highest BCUT2D eigenvalue weighted by atomic mass is 16.5. The molecule has 0 aliphatic heterocycles. The van der Waals surface area contributed by atoms with Crippen LogP contribution in [0.1, 0.15) is 33.6 Å². The van der Waals surface area contributed by atoms with Gasteiger partial charge in [-0.15, -0.1) is 0 Å². The number of aromatic nitrogens is 1. The molecule has 0 saturated carbocycles. The zero-order chi connectivity index (χ0) is 14.4. The van der Waals surface area contributed by atoms with Crippen LogP contribution in [0.5, 0.6) is 5.75 Å². The second-order valence-corrected chi connectivity index (χ2v) is 5.35. The molecule has 1 aromatic carbocycles. The fraction of sp³-hybridized carbons (Fsp3) is 0.471. The van der Waals surface area contributed by atoms with Crippen LogP contribution in [-0.4, -0.2) is 23.7 Å². The van der Waals surface area contributed by atoms with E-state index in [0.29, 0.717) is 6.04 Å². The smallest absolute Gasteiger partial charge is 0.129 e.